The van der Waals surface area contributed by atoms with Crippen LogP contribution in [0.15, 0.2) is 35.1 Å². The van der Waals surface area contributed by atoms with E-state index in [-0.39, 0.29) is 12.3 Å². The maximum absolute atomic E-state index is 12.1. The first-order valence-corrected chi connectivity index (χ1v) is 7.68. The first kappa shape index (κ1) is 13.8. The quantitative estimate of drug-likeness (QED) is 0.794. The van der Waals surface area contributed by atoms with Crippen LogP contribution in [0, 0.1) is 6.92 Å². The molecule has 108 valence electrons. The molecular weight excluding hydrogens is 284 g/mol. The third-order valence-corrected chi connectivity index (χ3v) is 4.18. The van der Waals surface area contributed by atoms with Gasteiger partial charge < -0.3 is 9.73 Å². The number of nitrogens with zero attached hydrogens (tertiary/aromatic N) is 1. The van der Waals surface area contributed by atoms with Gasteiger partial charge in [-0.15, -0.1) is 11.3 Å². The lowest BCUT2D eigenvalue weighted by Crippen LogP contribution is -2.13. The van der Waals surface area contributed by atoms with Gasteiger partial charge in [0.05, 0.1) is 12.7 Å². The lowest BCUT2D eigenvalue weighted by Gasteiger charge is -2.00. The number of benzene rings is 1. The Morgan fingerprint density at radius 3 is 3.00 bits per heavy atom. The standard InChI is InChI=1S/C16H16N2O2S/c1-3-11-4-5-13-12(9-20-14(13)6-11)7-15(19)18-16-17-8-10(2)21-16/h4-6,8-9H,3,7H2,1-2H3,(H,17,18,19). The molecule has 0 bridgehead atoms. The minimum absolute atomic E-state index is 0.0772. The number of nitrogens with one attached hydrogen (secondary N) is 1. The van der Waals surface area contributed by atoms with Crippen LogP contribution >= 0.6 is 11.3 Å². The van der Waals surface area contributed by atoms with Gasteiger partial charge in [-0.1, -0.05) is 19.1 Å². The molecule has 0 saturated heterocycles. The number of aromatic nitrogens is 1. The van der Waals surface area contributed by atoms with Gasteiger partial charge in [0.2, 0.25) is 5.91 Å². The van der Waals surface area contributed by atoms with Crippen LogP contribution in [0.5, 0.6) is 0 Å². The predicted molar refractivity (Wildman–Crippen MR) is 84.8 cm³/mol. The molecule has 0 aliphatic rings. The Morgan fingerprint density at radius 2 is 2.29 bits per heavy atom. The zero-order valence-electron chi connectivity index (χ0n) is 12.0. The highest BCUT2D eigenvalue weighted by molar-refractivity contribution is 7.15. The molecule has 0 aliphatic carbocycles. The summed E-state index contributed by atoms with van der Waals surface area (Å²) in [4.78, 5) is 17.3. The fourth-order valence-corrected chi connectivity index (χ4v) is 2.91. The molecule has 3 rings (SSSR count). The average Bonchev–Trinajstić information content (AvgIpc) is 3.05. The van der Waals surface area contributed by atoms with Crippen LogP contribution in [0.2, 0.25) is 0 Å². The first-order chi connectivity index (χ1) is 10.2. The molecule has 1 aromatic carbocycles. The number of thiazole rings is 1. The molecule has 3 aromatic rings. The van der Waals surface area contributed by atoms with E-state index in [9.17, 15) is 4.79 Å². The van der Waals surface area contributed by atoms with Crippen LogP contribution in [0.25, 0.3) is 11.0 Å². The van der Waals surface area contributed by atoms with Crippen molar-refractivity contribution < 1.29 is 9.21 Å². The summed E-state index contributed by atoms with van der Waals surface area (Å²) in [7, 11) is 0. The number of amides is 1. The molecule has 21 heavy (non-hydrogen) atoms. The SMILES string of the molecule is CCc1ccc2c(CC(=O)Nc3ncc(C)s3)coc2c1. The third-order valence-electron chi connectivity index (χ3n) is 3.35. The molecule has 0 saturated carbocycles. The van der Waals surface area contributed by atoms with E-state index in [4.69, 9.17) is 4.42 Å². The Morgan fingerprint density at radius 1 is 1.43 bits per heavy atom. The highest BCUT2D eigenvalue weighted by Gasteiger charge is 2.12. The number of furan rings is 1. The van der Waals surface area contributed by atoms with E-state index in [1.165, 1.54) is 16.9 Å². The Balaban J connectivity index is 1.76. The van der Waals surface area contributed by atoms with E-state index in [1.54, 1.807) is 12.5 Å². The predicted octanol–water partition coefficient (Wildman–Crippen LogP) is 3.94. The minimum atomic E-state index is -0.0772. The third kappa shape index (κ3) is 2.97. The number of hydrogen-bond donors (Lipinski definition) is 1. The van der Waals surface area contributed by atoms with Crippen LogP contribution in [-0.4, -0.2) is 10.9 Å². The van der Waals surface area contributed by atoms with Gasteiger partial charge in [-0.3, -0.25) is 4.79 Å². The van der Waals surface area contributed by atoms with Gasteiger partial charge in [-0.05, 0) is 25.0 Å². The lowest BCUT2D eigenvalue weighted by atomic mass is 10.1. The van der Waals surface area contributed by atoms with Crippen molar-refractivity contribution in [2.75, 3.05) is 5.32 Å². The summed E-state index contributed by atoms with van der Waals surface area (Å²) >= 11 is 1.47. The zero-order valence-corrected chi connectivity index (χ0v) is 12.8. The summed E-state index contributed by atoms with van der Waals surface area (Å²) in [6, 6.07) is 6.12. The van der Waals surface area contributed by atoms with Gasteiger partial charge >= 0.3 is 0 Å². The lowest BCUT2D eigenvalue weighted by molar-refractivity contribution is -0.115. The number of rotatable bonds is 4. The second kappa shape index (κ2) is 5.69. The van der Waals surface area contributed by atoms with Gasteiger partial charge in [-0.25, -0.2) is 4.98 Å². The van der Waals surface area contributed by atoms with Gasteiger partial charge in [0.15, 0.2) is 5.13 Å². The van der Waals surface area contributed by atoms with Gasteiger partial charge in [0.25, 0.3) is 0 Å². The highest BCUT2D eigenvalue weighted by Crippen LogP contribution is 2.24. The van der Waals surface area contributed by atoms with E-state index in [0.717, 1.165) is 27.8 Å². The molecule has 2 aromatic heterocycles. The summed E-state index contributed by atoms with van der Waals surface area (Å²) in [5.41, 5.74) is 2.96. The van der Waals surface area contributed by atoms with Gasteiger partial charge in [-0.2, -0.15) is 0 Å². The van der Waals surface area contributed by atoms with Crippen LogP contribution in [0.3, 0.4) is 0 Å². The second-order valence-electron chi connectivity index (χ2n) is 4.95. The van der Waals surface area contributed by atoms with Crippen molar-refractivity contribution in [2.24, 2.45) is 0 Å². The Kier molecular flexibility index (Phi) is 3.75. The van der Waals surface area contributed by atoms with Crippen molar-refractivity contribution in [1.29, 1.82) is 0 Å². The van der Waals surface area contributed by atoms with Crippen molar-refractivity contribution in [2.45, 2.75) is 26.7 Å². The van der Waals surface area contributed by atoms with E-state index in [0.29, 0.717) is 5.13 Å². The van der Waals surface area contributed by atoms with Crippen LogP contribution in [0.1, 0.15) is 22.9 Å². The Bertz CT molecular complexity index is 789. The monoisotopic (exact) mass is 300 g/mol. The largest absolute Gasteiger partial charge is 0.464 e. The Hall–Kier alpha value is -2.14. The minimum Gasteiger partial charge on any atom is -0.464 e. The topological polar surface area (TPSA) is 55.1 Å². The van der Waals surface area contributed by atoms with Crippen molar-refractivity contribution in [1.82, 2.24) is 4.98 Å². The number of carbonyl (C=O) groups excluding carboxylic acids is 1. The Labute approximate surface area is 126 Å². The first-order valence-electron chi connectivity index (χ1n) is 6.87. The van der Waals surface area contributed by atoms with Crippen molar-refractivity contribution in [3.8, 4) is 0 Å². The van der Waals surface area contributed by atoms with Crippen LogP contribution in [0.4, 0.5) is 5.13 Å². The highest BCUT2D eigenvalue weighted by atomic mass is 32.1. The summed E-state index contributed by atoms with van der Waals surface area (Å²) in [5.74, 6) is -0.0772. The molecule has 0 radical (unpaired) electrons. The molecule has 4 nitrogen and oxygen atoms in total. The maximum atomic E-state index is 12.1. The average molecular weight is 300 g/mol. The van der Waals surface area contributed by atoms with E-state index in [2.05, 4.69) is 23.3 Å². The van der Waals surface area contributed by atoms with Gasteiger partial charge in [0, 0.05) is 22.0 Å². The summed E-state index contributed by atoms with van der Waals surface area (Å²) in [5, 5.41) is 4.45. The summed E-state index contributed by atoms with van der Waals surface area (Å²) < 4.78 is 5.55. The van der Waals surface area contributed by atoms with E-state index >= 15 is 0 Å². The number of anilines is 1. The van der Waals surface area contributed by atoms with Crippen molar-refractivity contribution >= 4 is 33.3 Å². The molecule has 0 spiro atoms. The number of fused-ring (bicyclic) bond motifs is 1. The molecule has 1 N–H and O–H groups in total. The molecule has 0 atom stereocenters. The fourth-order valence-electron chi connectivity index (χ4n) is 2.23. The van der Waals surface area contributed by atoms with Crippen molar-refractivity contribution in [3.63, 3.8) is 0 Å². The molecule has 1 amide bonds. The van der Waals surface area contributed by atoms with Crippen molar-refractivity contribution in [3.05, 3.63) is 46.7 Å². The number of aryl methyl sites for hydroxylation is 2. The zero-order chi connectivity index (χ0) is 14.8. The maximum Gasteiger partial charge on any atom is 0.230 e. The normalized spacial score (nSPS) is 11.0. The second-order valence-corrected chi connectivity index (χ2v) is 6.18. The number of hydrogen-bond acceptors (Lipinski definition) is 4. The van der Waals surface area contributed by atoms with Crippen LogP contribution < -0.4 is 5.32 Å². The van der Waals surface area contributed by atoms with E-state index < -0.39 is 0 Å². The van der Waals surface area contributed by atoms with Crippen LogP contribution in [-0.2, 0) is 17.6 Å². The molecular formula is C16H16N2O2S. The molecule has 0 aliphatic heterocycles. The molecule has 0 fully saturated rings. The summed E-state index contributed by atoms with van der Waals surface area (Å²) in [6.45, 7) is 4.07. The summed E-state index contributed by atoms with van der Waals surface area (Å²) in [6.07, 6.45) is 4.67. The smallest absolute Gasteiger partial charge is 0.230 e. The fraction of sp³-hybridized carbons (Fsp3) is 0.250. The van der Waals surface area contributed by atoms with Gasteiger partial charge in [0.1, 0.15) is 5.58 Å². The molecule has 2 heterocycles. The number of carbonyl (C=O) groups is 1. The molecule has 0 unspecified atom stereocenters. The van der Waals surface area contributed by atoms with E-state index in [1.807, 2.05) is 19.1 Å². The molecule has 5 heteroatoms.